The van der Waals surface area contributed by atoms with E-state index in [2.05, 4.69) is 37.7 Å². The summed E-state index contributed by atoms with van der Waals surface area (Å²) in [6.07, 6.45) is 2.06. The highest BCUT2D eigenvalue weighted by Crippen LogP contribution is 2.24. The molecule has 0 aliphatic carbocycles. The molecule has 0 fully saturated rings. The van der Waals surface area contributed by atoms with Gasteiger partial charge in [-0.2, -0.15) is 5.10 Å². The van der Waals surface area contributed by atoms with Crippen molar-refractivity contribution < 1.29 is 9.47 Å². The van der Waals surface area contributed by atoms with E-state index in [4.69, 9.17) is 14.6 Å². The van der Waals surface area contributed by atoms with Crippen LogP contribution in [0.15, 0.2) is 0 Å². The number of nitrogens with zero attached hydrogens (tertiary/aromatic N) is 2. The molecule has 122 valence electrons. The Kier molecular flexibility index (Phi) is 8.57. The van der Waals surface area contributed by atoms with Crippen molar-refractivity contribution in [1.82, 2.24) is 15.1 Å². The van der Waals surface area contributed by atoms with Gasteiger partial charge < -0.3 is 14.8 Å². The highest BCUT2D eigenvalue weighted by Gasteiger charge is 2.18. The smallest absolute Gasteiger partial charge is 0.0700 e. The summed E-state index contributed by atoms with van der Waals surface area (Å²) in [4.78, 5) is 0. The zero-order valence-electron chi connectivity index (χ0n) is 14.2. The minimum absolute atomic E-state index is 0.404. The van der Waals surface area contributed by atoms with Crippen molar-refractivity contribution >= 4 is 0 Å². The van der Waals surface area contributed by atoms with Crippen LogP contribution < -0.4 is 5.32 Å². The van der Waals surface area contributed by atoms with Gasteiger partial charge in [-0.1, -0.05) is 13.8 Å². The van der Waals surface area contributed by atoms with E-state index in [0.29, 0.717) is 19.3 Å². The molecular formula is C16H31N3O2. The molecule has 1 heterocycles. The average Bonchev–Trinajstić information content (AvgIpc) is 2.75. The van der Waals surface area contributed by atoms with Gasteiger partial charge in [0.25, 0.3) is 0 Å². The second kappa shape index (κ2) is 9.92. The van der Waals surface area contributed by atoms with E-state index in [0.717, 1.165) is 38.2 Å². The maximum Gasteiger partial charge on any atom is 0.0700 e. The fourth-order valence-corrected chi connectivity index (χ4v) is 2.69. The Labute approximate surface area is 129 Å². The molecule has 1 rings (SSSR count). The van der Waals surface area contributed by atoms with Gasteiger partial charge in [0.2, 0.25) is 0 Å². The second-order valence-electron chi connectivity index (χ2n) is 5.28. The summed E-state index contributed by atoms with van der Waals surface area (Å²) < 4.78 is 12.6. The number of ether oxygens (including phenoxy) is 2. The standard InChI is InChI=1S/C16H31N3O2/c1-6-15(17-7-2)16-13(3)18-19(14(16)4)9-8-10-21-12-11-20-5/h15,17H,6-12H2,1-5H3. The lowest BCUT2D eigenvalue weighted by Crippen LogP contribution is -2.21. The van der Waals surface area contributed by atoms with Gasteiger partial charge >= 0.3 is 0 Å². The van der Waals surface area contributed by atoms with Gasteiger partial charge in [0.15, 0.2) is 0 Å². The van der Waals surface area contributed by atoms with E-state index in [9.17, 15) is 0 Å². The van der Waals surface area contributed by atoms with Crippen LogP contribution in [0.5, 0.6) is 0 Å². The summed E-state index contributed by atoms with van der Waals surface area (Å²) >= 11 is 0. The van der Waals surface area contributed by atoms with Crippen molar-refractivity contribution in [2.24, 2.45) is 0 Å². The maximum absolute atomic E-state index is 5.50. The van der Waals surface area contributed by atoms with Crippen LogP contribution in [0.3, 0.4) is 0 Å². The van der Waals surface area contributed by atoms with Crippen LogP contribution in [0, 0.1) is 13.8 Å². The molecule has 0 amide bonds. The van der Waals surface area contributed by atoms with Crippen LogP contribution in [0.2, 0.25) is 0 Å². The first-order valence-corrected chi connectivity index (χ1v) is 7.99. The topological polar surface area (TPSA) is 48.3 Å². The SMILES string of the molecule is CCNC(CC)c1c(C)nn(CCCOCCOC)c1C. The molecule has 1 aromatic heterocycles. The molecule has 0 saturated carbocycles. The number of aryl methyl sites for hydroxylation is 2. The lowest BCUT2D eigenvalue weighted by molar-refractivity contribution is 0.0676. The predicted octanol–water partition coefficient (Wildman–Crippen LogP) is 2.61. The van der Waals surface area contributed by atoms with E-state index in [1.54, 1.807) is 7.11 Å². The molecule has 0 aromatic carbocycles. The number of rotatable bonds is 11. The van der Waals surface area contributed by atoms with Gasteiger partial charge in [-0.05, 0) is 33.2 Å². The Morgan fingerprint density at radius 2 is 1.95 bits per heavy atom. The first-order valence-electron chi connectivity index (χ1n) is 7.99. The quantitative estimate of drug-likeness (QED) is 0.638. The number of hydrogen-bond acceptors (Lipinski definition) is 4. The first kappa shape index (κ1) is 18.1. The molecule has 0 spiro atoms. The molecule has 1 N–H and O–H groups in total. The third-order valence-corrected chi connectivity index (χ3v) is 3.74. The number of nitrogens with one attached hydrogen (secondary N) is 1. The van der Waals surface area contributed by atoms with Gasteiger partial charge in [-0.25, -0.2) is 0 Å². The molecule has 1 unspecified atom stereocenters. The molecule has 0 bridgehead atoms. The highest BCUT2D eigenvalue weighted by atomic mass is 16.5. The molecule has 0 aliphatic rings. The summed E-state index contributed by atoms with van der Waals surface area (Å²) in [5.74, 6) is 0. The molecule has 5 heteroatoms. The molecule has 21 heavy (non-hydrogen) atoms. The maximum atomic E-state index is 5.50. The van der Waals surface area contributed by atoms with Crippen molar-refractivity contribution in [3.63, 3.8) is 0 Å². The van der Waals surface area contributed by atoms with E-state index in [-0.39, 0.29) is 0 Å². The molecule has 5 nitrogen and oxygen atoms in total. The minimum atomic E-state index is 0.404. The van der Waals surface area contributed by atoms with Gasteiger partial charge in [-0.15, -0.1) is 0 Å². The van der Waals surface area contributed by atoms with Crippen molar-refractivity contribution in [1.29, 1.82) is 0 Å². The largest absolute Gasteiger partial charge is 0.382 e. The molecule has 1 atom stereocenters. The van der Waals surface area contributed by atoms with Crippen molar-refractivity contribution in [2.45, 2.75) is 53.1 Å². The summed E-state index contributed by atoms with van der Waals surface area (Å²) in [7, 11) is 1.69. The number of hydrogen-bond donors (Lipinski definition) is 1. The van der Waals surface area contributed by atoms with Crippen LogP contribution in [0.4, 0.5) is 0 Å². The van der Waals surface area contributed by atoms with Gasteiger partial charge in [0.1, 0.15) is 0 Å². The third-order valence-electron chi connectivity index (χ3n) is 3.74. The van der Waals surface area contributed by atoms with Crippen LogP contribution in [-0.2, 0) is 16.0 Å². The lowest BCUT2D eigenvalue weighted by Gasteiger charge is -2.16. The molecule has 1 aromatic rings. The van der Waals surface area contributed by atoms with Gasteiger partial charge in [0, 0.05) is 37.6 Å². The number of aromatic nitrogens is 2. The van der Waals surface area contributed by atoms with Crippen LogP contribution in [-0.4, -0.2) is 43.3 Å². The highest BCUT2D eigenvalue weighted by molar-refractivity contribution is 5.28. The molecule has 0 radical (unpaired) electrons. The Balaban J connectivity index is 2.56. The van der Waals surface area contributed by atoms with Crippen molar-refractivity contribution in [3.05, 3.63) is 17.0 Å². The van der Waals surface area contributed by atoms with Crippen molar-refractivity contribution in [3.8, 4) is 0 Å². The van der Waals surface area contributed by atoms with Crippen LogP contribution >= 0.6 is 0 Å². The van der Waals surface area contributed by atoms with Crippen LogP contribution in [0.25, 0.3) is 0 Å². The van der Waals surface area contributed by atoms with E-state index >= 15 is 0 Å². The summed E-state index contributed by atoms with van der Waals surface area (Å²) in [6, 6.07) is 0.404. The summed E-state index contributed by atoms with van der Waals surface area (Å²) in [5.41, 5.74) is 3.78. The predicted molar refractivity (Wildman–Crippen MR) is 85.7 cm³/mol. The second-order valence-corrected chi connectivity index (χ2v) is 5.28. The number of methoxy groups -OCH3 is 1. The first-order chi connectivity index (χ1) is 10.2. The third kappa shape index (κ3) is 5.41. The normalized spacial score (nSPS) is 12.8. The van der Waals surface area contributed by atoms with E-state index < -0.39 is 0 Å². The minimum Gasteiger partial charge on any atom is -0.382 e. The Morgan fingerprint density at radius 1 is 1.19 bits per heavy atom. The van der Waals surface area contributed by atoms with E-state index in [1.165, 1.54) is 11.3 Å². The Bertz CT molecular complexity index is 404. The van der Waals surface area contributed by atoms with Gasteiger partial charge in [0.05, 0.1) is 18.9 Å². The molecule has 0 aliphatic heterocycles. The zero-order valence-corrected chi connectivity index (χ0v) is 14.2. The fraction of sp³-hybridized carbons (Fsp3) is 0.812. The summed E-state index contributed by atoms with van der Waals surface area (Å²) in [5, 5.41) is 8.23. The molecular weight excluding hydrogens is 266 g/mol. The van der Waals surface area contributed by atoms with Crippen LogP contribution in [0.1, 0.15) is 49.7 Å². The van der Waals surface area contributed by atoms with E-state index in [1.807, 2.05) is 0 Å². The average molecular weight is 297 g/mol. The zero-order chi connectivity index (χ0) is 15.7. The summed E-state index contributed by atoms with van der Waals surface area (Å²) in [6.45, 7) is 12.6. The Morgan fingerprint density at radius 3 is 2.57 bits per heavy atom. The van der Waals surface area contributed by atoms with Crippen molar-refractivity contribution in [2.75, 3.05) is 33.5 Å². The molecule has 0 saturated heterocycles. The monoisotopic (exact) mass is 297 g/mol. The van der Waals surface area contributed by atoms with Gasteiger partial charge in [-0.3, -0.25) is 4.68 Å². The lowest BCUT2D eigenvalue weighted by atomic mass is 10.0. The fourth-order valence-electron chi connectivity index (χ4n) is 2.69. The Hall–Kier alpha value is -0.910.